The van der Waals surface area contributed by atoms with Gasteiger partial charge in [0.2, 0.25) is 4.77 Å². The fraction of sp³-hybridized carbons (Fsp3) is 0.533. The molecule has 0 radical (unpaired) electrons. The highest BCUT2D eigenvalue weighted by Gasteiger charge is 2.09. The van der Waals surface area contributed by atoms with E-state index >= 15 is 0 Å². The molecule has 6 heteroatoms. The lowest BCUT2D eigenvalue weighted by atomic mass is 10.2. The molecule has 0 unspecified atom stereocenters. The van der Waals surface area contributed by atoms with Crippen LogP contribution in [0.4, 0.5) is 0 Å². The highest BCUT2D eigenvalue weighted by Crippen LogP contribution is 2.15. The van der Waals surface area contributed by atoms with Gasteiger partial charge in [-0.3, -0.25) is 5.10 Å². The standard InChI is InChI=1S/C15H23N5S/c1-6-14-17-18-15(21)20(14)16-8-13-7-11(4)19(12(13)5)9-10(2)3/h7-8,10H,6,9H2,1-5H3,(H,18,21)/b16-8+. The molecule has 0 fully saturated rings. The van der Waals surface area contributed by atoms with Crippen LogP contribution >= 0.6 is 12.2 Å². The van der Waals surface area contributed by atoms with Crippen molar-refractivity contribution < 1.29 is 0 Å². The first kappa shape index (κ1) is 15.7. The summed E-state index contributed by atoms with van der Waals surface area (Å²) in [5.74, 6) is 1.46. The minimum Gasteiger partial charge on any atom is -0.348 e. The van der Waals surface area contributed by atoms with Gasteiger partial charge in [0.15, 0.2) is 5.82 Å². The van der Waals surface area contributed by atoms with Crippen LogP contribution < -0.4 is 0 Å². The Morgan fingerprint density at radius 3 is 2.76 bits per heavy atom. The van der Waals surface area contributed by atoms with Crippen LogP contribution in [0.2, 0.25) is 0 Å². The Morgan fingerprint density at radius 2 is 2.14 bits per heavy atom. The monoisotopic (exact) mass is 305 g/mol. The summed E-state index contributed by atoms with van der Waals surface area (Å²) < 4.78 is 4.55. The van der Waals surface area contributed by atoms with Crippen molar-refractivity contribution in [2.75, 3.05) is 0 Å². The molecule has 2 aromatic rings. The molecule has 0 aliphatic heterocycles. The van der Waals surface area contributed by atoms with Gasteiger partial charge in [0.1, 0.15) is 0 Å². The first-order valence-corrected chi connectivity index (χ1v) is 7.72. The summed E-state index contributed by atoms with van der Waals surface area (Å²) in [5, 5.41) is 11.4. The third-order valence-electron chi connectivity index (χ3n) is 3.51. The van der Waals surface area contributed by atoms with Gasteiger partial charge in [-0.1, -0.05) is 20.8 Å². The van der Waals surface area contributed by atoms with Gasteiger partial charge in [0.25, 0.3) is 0 Å². The van der Waals surface area contributed by atoms with Gasteiger partial charge < -0.3 is 4.57 Å². The number of aromatic amines is 1. The molecule has 0 saturated heterocycles. The molecule has 0 bridgehead atoms. The quantitative estimate of drug-likeness (QED) is 0.679. The van der Waals surface area contributed by atoms with Crippen molar-refractivity contribution >= 4 is 18.4 Å². The highest BCUT2D eigenvalue weighted by atomic mass is 32.1. The zero-order valence-electron chi connectivity index (χ0n) is 13.3. The number of hydrogen-bond donors (Lipinski definition) is 1. The summed E-state index contributed by atoms with van der Waals surface area (Å²) in [5.41, 5.74) is 3.62. The van der Waals surface area contributed by atoms with E-state index in [1.807, 2.05) is 13.1 Å². The van der Waals surface area contributed by atoms with E-state index in [0.29, 0.717) is 10.7 Å². The molecule has 114 valence electrons. The first-order chi connectivity index (χ1) is 9.93. The Labute approximate surface area is 130 Å². The van der Waals surface area contributed by atoms with Gasteiger partial charge in [-0.05, 0) is 38.0 Å². The zero-order chi connectivity index (χ0) is 15.6. The molecular weight excluding hydrogens is 282 g/mol. The Morgan fingerprint density at radius 1 is 1.43 bits per heavy atom. The van der Waals surface area contributed by atoms with Crippen LogP contribution in [0.3, 0.4) is 0 Å². The molecule has 21 heavy (non-hydrogen) atoms. The zero-order valence-corrected chi connectivity index (χ0v) is 14.2. The van der Waals surface area contributed by atoms with Gasteiger partial charge in [0.05, 0.1) is 6.21 Å². The molecule has 0 amide bonds. The molecule has 0 aliphatic rings. The molecule has 5 nitrogen and oxygen atoms in total. The van der Waals surface area contributed by atoms with Crippen molar-refractivity contribution in [3.8, 4) is 0 Å². The van der Waals surface area contributed by atoms with Gasteiger partial charge in [0, 0.05) is 29.9 Å². The van der Waals surface area contributed by atoms with Crippen molar-refractivity contribution in [1.29, 1.82) is 0 Å². The average Bonchev–Trinajstić information content (AvgIpc) is 2.91. The number of aryl methyl sites for hydroxylation is 2. The molecule has 2 aromatic heterocycles. The van der Waals surface area contributed by atoms with Crippen molar-refractivity contribution in [3.05, 3.63) is 33.6 Å². The van der Waals surface area contributed by atoms with Crippen LogP contribution in [-0.4, -0.2) is 25.7 Å². The molecule has 0 spiro atoms. The molecule has 1 N–H and O–H groups in total. The maximum atomic E-state index is 5.20. The van der Waals surface area contributed by atoms with Gasteiger partial charge in [-0.15, -0.1) is 0 Å². The number of nitrogens with one attached hydrogen (secondary N) is 1. The Bertz CT molecular complexity index is 702. The largest absolute Gasteiger partial charge is 0.348 e. The highest BCUT2D eigenvalue weighted by molar-refractivity contribution is 7.71. The third kappa shape index (κ3) is 3.32. The van der Waals surface area contributed by atoms with Crippen LogP contribution in [-0.2, 0) is 13.0 Å². The molecule has 0 atom stereocenters. The second-order valence-corrected chi connectivity index (χ2v) is 6.07. The number of H-pyrrole nitrogens is 1. The normalized spacial score (nSPS) is 11.9. The van der Waals surface area contributed by atoms with Crippen LogP contribution in [0.15, 0.2) is 11.2 Å². The van der Waals surface area contributed by atoms with E-state index in [1.54, 1.807) is 4.68 Å². The molecule has 0 saturated carbocycles. The van der Waals surface area contributed by atoms with E-state index in [0.717, 1.165) is 24.4 Å². The fourth-order valence-electron chi connectivity index (χ4n) is 2.40. The van der Waals surface area contributed by atoms with E-state index in [-0.39, 0.29) is 0 Å². The first-order valence-electron chi connectivity index (χ1n) is 7.31. The Balaban J connectivity index is 2.34. The summed E-state index contributed by atoms with van der Waals surface area (Å²) >= 11 is 5.20. The molecule has 0 aliphatic carbocycles. The molecule has 2 rings (SSSR count). The third-order valence-corrected chi connectivity index (χ3v) is 3.77. The molecular formula is C15H23N5S. The lowest BCUT2D eigenvalue weighted by molar-refractivity contribution is 0.509. The van der Waals surface area contributed by atoms with Gasteiger partial charge in [-0.25, -0.2) is 0 Å². The van der Waals surface area contributed by atoms with Gasteiger partial charge in [-0.2, -0.15) is 14.9 Å². The maximum absolute atomic E-state index is 5.20. The van der Waals surface area contributed by atoms with Crippen LogP contribution in [0, 0.1) is 24.5 Å². The maximum Gasteiger partial charge on any atom is 0.216 e. The number of nitrogens with zero attached hydrogens (tertiary/aromatic N) is 4. The summed E-state index contributed by atoms with van der Waals surface area (Å²) in [4.78, 5) is 0. The lowest BCUT2D eigenvalue weighted by Gasteiger charge is -2.11. The van der Waals surface area contributed by atoms with E-state index in [4.69, 9.17) is 12.2 Å². The van der Waals surface area contributed by atoms with E-state index in [1.165, 1.54) is 11.4 Å². The molecule has 2 heterocycles. The SMILES string of the molecule is CCc1n[nH]c(=S)n1/N=C/c1cc(C)n(CC(C)C)c1C. The second-order valence-electron chi connectivity index (χ2n) is 5.69. The number of aromatic nitrogens is 4. The average molecular weight is 305 g/mol. The van der Waals surface area contributed by atoms with Crippen molar-refractivity contribution in [2.24, 2.45) is 11.0 Å². The number of rotatable bonds is 5. The second kappa shape index (κ2) is 6.39. The van der Waals surface area contributed by atoms with Gasteiger partial charge >= 0.3 is 0 Å². The minimum atomic E-state index is 0.527. The predicted octanol–water partition coefficient (Wildman–Crippen LogP) is 3.46. The predicted molar refractivity (Wildman–Crippen MR) is 88.5 cm³/mol. The Hall–Kier alpha value is -1.69. The van der Waals surface area contributed by atoms with Crippen LogP contribution in [0.25, 0.3) is 0 Å². The lowest BCUT2D eigenvalue weighted by Crippen LogP contribution is -2.08. The van der Waals surface area contributed by atoms with Crippen LogP contribution in [0.1, 0.15) is 43.5 Å². The minimum absolute atomic E-state index is 0.527. The van der Waals surface area contributed by atoms with Crippen molar-refractivity contribution in [3.63, 3.8) is 0 Å². The van der Waals surface area contributed by atoms with Crippen LogP contribution in [0.5, 0.6) is 0 Å². The van der Waals surface area contributed by atoms with E-state index < -0.39 is 0 Å². The summed E-state index contributed by atoms with van der Waals surface area (Å²) in [7, 11) is 0. The summed E-state index contributed by atoms with van der Waals surface area (Å²) in [6.07, 6.45) is 2.65. The van der Waals surface area contributed by atoms with E-state index in [9.17, 15) is 0 Å². The summed E-state index contributed by atoms with van der Waals surface area (Å²) in [6.45, 7) is 11.8. The smallest absolute Gasteiger partial charge is 0.216 e. The Kier molecular flexibility index (Phi) is 4.77. The fourth-order valence-corrected chi connectivity index (χ4v) is 2.59. The van der Waals surface area contributed by atoms with E-state index in [2.05, 4.69) is 53.6 Å². The molecule has 0 aromatic carbocycles. The van der Waals surface area contributed by atoms with Crippen molar-refractivity contribution in [2.45, 2.75) is 47.6 Å². The number of hydrogen-bond acceptors (Lipinski definition) is 3. The topological polar surface area (TPSA) is 50.9 Å². The van der Waals surface area contributed by atoms with Crippen molar-refractivity contribution in [1.82, 2.24) is 19.4 Å². The summed E-state index contributed by atoms with van der Waals surface area (Å²) in [6, 6.07) is 2.16.